The molecule has 0 unspecified atom stereocenters. The van der Waals surface area contributed by atoms with Gasteiger partial charge in [0.05, 0.1) is 33.9 Å². The molecule has 0 saturated carbocycles. The fourth-order valence-corrected chi connectivity index (χ4v) is 2.28. The van der Waals surface area contributed by atoms with E-state index >= 15 is 0 Å². The van der Waals surface area contributed by atoms with Crippen LogP contribution in [-0.2, 0) is 0 Å². The first-order valence-corrected chi connectivity index (χ1v) is 7.79. The number of benzene rings is 1. The lowest BCUT2D eigenvalue weighted by Gasteiger charge is -2.13. The summed E-state index contributed by atoms with van der Waals surface area (Å²) in [5.41, 5.74) is 0.912. The molecule has 116 valence electrons. The Kier molecular flexibility index (Phi) is 6.07. The van der Waals surface area contributed by atoms with E-state index < -0.39 is 0 Å². The van der Waals surface area contributed by atoms with Gasteiger partial charge in [-0.1, -0.05) is 0 Å². The van der Waals surface area contributed by atoms with Gasteiger partial charge < -0.3 is 25.0 Å². The summed E-state index contributed by atoms with van der Waals surface area (Å²) in [7, 11) is 4.29. The van der Waals surface area contributed by atoms with Crippen LogP contribution in [-0.4, -0.2) is 45.5 Å². The predicted octanol–water partition coefficient (Wildman–Crippen LogP) is 0.669. The van der Waals surface area contributed by atoms with Gasteiger partial charge in [-0.3, -0.25) is 0 Å². The zero-order valence-electron chi connectivity index (χ0n) is 12.7. The molecule has 0 radical (unpaired) electrons. The van der Waals surface area contributed by atoms with E-state index in [2.05, 4.69) is 24.7 Å². The van der Waals surface area contributed by atoms with Crippen molar-refractivity contribution in [2.45, 2.75) is 12.8 Å². The van der Waals surface area contributed by atoms with E-state index in [1.165, 1.54) is 4.90 Å². The highest BCUT2D eigenvalue weighted by molar-refractivity contribution is 7.80. The Bertz CT molecular complexity index is 480. The molecule has 0 fully saturated rings. The van der Waals surface area contributed by atoms with E-state index in [1.54, 1.807) is 0 Å². The van der Waals surface area contributed by atoms with E-state index in [1.807, 2.05) is 18.2 Å². The van der Waals surface area contributed by atoms with Crippen LogP contribution in [0.5, 0.6) is 11.5 Å². The summed E-state index contributed by atoms with van der Waals surface area (Å²) in [6.45, 7) is 3.39. The number of fused-ring (bicyclic) bond motifs is 1. The molecule has 1 aliphatic heterocycles. The van der Waals surface area contributed by atoms with E-state index in [0.29, 0.717) is 18.3 Å². The van der Waals surface area contributed by atoms with Gasteiger partial charge >= 0.3 is 0 Å². The van der Waals surface area contributed by atoms with Crippen LogP contribution in [0.2, 0.25) is 0 Å². The lowest BCUT2D eigenvalue weighted by molar-refractivity contribution is -0.858. The fourth-order valence-electron chi connectivity index (χ4n) is 2.06. The van der Waals surface area contributed by atoms with Crippen molar-refractivity contribution < 1.29 is 14.4 Å². The van der Waals surface area contributed by atoms with E-state index in [0.717, 1.165) is 43.1 Å². The molecule has 0 amide bonds. The Balaban J connectivity index is 1.82. The summed E-state index contributed by atoms with van der Waals surface area (Å²) < 4.78 is 11.3. The second-order valence-corrected chi connectivity index (χ2v) is 5.81. The van der Waals surface area contributed by atoms with Crippen LogP contribution in [0, 0.1) is 0 Å². The van der Waals surface area contributed by atoms with Crippen molar-refractivity contribution in [3.8, 4) is 11.5 Å². The van der Waals surface area contributed by atoms with Crippen LogP contribution >= 0.6 is 12.2 Å². The van der Waals surface area contributed by atoms with Gasteiger partial charge in [0.15, 0.2) is 16.6 Å². The number of ether oxygens (including phenoxy) is 2. The third-order valence-electron chi connectivity index (χ3n) is 3.14. The number of hydrogen-bond donors (Lipinski definition) is 3. The second-order valence-electron chi connectivity index (χ2n) is 5.40. The number of rotatable bonds is 5. The normalized spacial score (nSPS) is 13.7. The molecule has 1 heterocycles. The van der Waals surface area contributed by atoms with Crippen LogP contribution in [0.3, 0.4) is 0 Å². The summed E-state index contributed by atoms with van der Waals surface area (Å²) in [4.78, 5) is 1.44. The van der Waals surface area contributed by atoms with Gasteiger partial charge in [0.2, 0.25) is 0 Å². The van der Waals surface area contributed by atoms with Crippen LogP contribution in [0.25, 0.3) is 0 Å². The van der Waals surface area contributed by atoms with Gasteiger partial charge in [-0.2, -0.15) is 0 Å². The van der Waals surface area contributed by atoms with Gasteiger partial charge in [0.25, 0.3) is 0 Å². The first kappa shape index (κ1) is 15.9. The summed E-state index contributed by atoms with van der Waals surface area (Å²) in [5.74, 6) is 1.57. The molecule has 0 saturated heterocycles. The van der Waals surface area contributed by atoms with Crippen LogP contribution in [0.1, 0.15) is 12.8 Å². The second kappa shape index (κ2) is 8.05. The monoisotopic (exact) mass is 310 g/mol. The Labute approximate surface area is 131 Å². The predicted molar refractivity (Wildman–Crippen MR) is 88.6 cm³/mol. The first-order valence-electron chi connectivity index (χ1n) is 7.38. The molecule has 1 aromatic carbocycles. The SMILES string of the molecule is C[NH+](C)CCCNC(=S)Nc1ccc2c(c1)OCCCO2. The van der Waals surface area contributed by atoms with Crippen molar-refractivity contribution in [3.05, 3.63) is 18.2 Å². The standard InChI is InChI=1S/C15H23N3O2S/c1-18(2)8-3-7-16-15(21)17-12-5-6-13-14(11-12)20-10-4-9-19-13/h5-6,11H,3-4,7-10H2,1-2H3,(H2,16,17,21)/p+1. The summed E-state index contributed by atoms with van der Waals surface area (Å²) >= 11 is 5.30. The Hall–Kier alpha value is -1.53. The lowest BCUT2D eigenvalue weighted by Crippen LogP contribution is -3.05. The maximum absolute atomic E-state index is 5.66. The Morgan fingerprint density at radius 1 is 1.24 bits per heavy atom. The minimum Gasteiger partial charge on any atom is -0.490 e. The molecular weight excluding hydrogens is 286 g/mol. The minimum atomic E-state index is 0.637. The van der Waals surface area contributed by atoms with Crippen molar-refractivity contribution >= 4 is 23.0 Å². The zero-order valence-corrected chi connectivity index (χ0v) is 13.5. The highest BCUT2D eigenvalue weighted by atomic mass is 32.1. The minimum absolute atomic E-state index is 0.637. The molecule has 1 aliphatic rings. The number of quaternary nitrogens is 1. The molecule has 1 aromatic rings. The average molecular weight is 310 g/mol. The Morgan fingerprint density at radius 3 is 2.76 bits per heavy atom. The van der Waals surface area contributed by atoms with Gasteiger partial charge in [-0.25, -0.2) is 0 Å². The summed E-state index contributed by atoms with van der Waals surface area (Å²) in [6.07, 6.45) is 2.00. The van der Waals surface area contributed by atoms with Gasteiger partial charge in [-0.15, -0.1) is 0 Å². The molecular formula is C15H24N3O2S+. The van der Waals surface area contributed by atoms with Gasteiger partial charge in [0, 0.05) is 31.1 Å². The summed E-state index contributed by atoms with van der Waals surface area (Å²) in [5, 5.41) is 7.03. The molecule has 6 heteroatoms. The fraction of sp³-hybridized carbons (Fsp3) is 0.533. The number of nitrogens with one attached hydrogen (secondary N) is 3. The molecule has 2 rings (SSSR count). The van der Waals surface area contributed by atoms with Crippen LogP contribution in [0.15, 0.2) is 18.2 Å². The van der Waals surface area contributed by atoms with Crippen molar-refractivity contribution in [1.29, 1.82) is 0 Å². The smallest absolute Gasteiger partial charge is 0.170 e. The van der Waals surface area contributed by atoms with Crippen LogP contribution in [0.4, 0.5) is 5.69 Å². The first-order chi connectivity index (χ1) is 10.1. The maximum atomic E-state index is 5.66. The third kappa shape index (κ3) is 5.40. The molecule has 0 bridgehead atoms. The maximum Gasteiger partial charge on any atom is 0.170 e. The summed E-state index contributed by atoms with van der Waals surface area (Å²) in [6, 6.07) is 5.80. The number of anilines is 1. The topological polar surface area (TPSA) is 47.0 Å². The number of hydrogen-bond acceptors (Lipinski definition) is 3. The van der Waals surface area contributed by atoms with E-state index in [9.17, 15) is 0 Å². The largest absolute Gasteiger partial charge is 0.490 e. The van der Waals surface area contributed by atoms with Crippen molar-refractivity contribution in [2.75, 3.05) is 45.7 Å². The van der Waals surface area contributed by atoms with Crippen LogP contribution < -0.4 is 25.0 Å². The van der Waals surface area contributed by atoms with Gasteiger partial charge in [-0.05, 0) is 24.4 Å². The molecule has 0 atom stereocenters. The molecule has 0 spiro atoms. The molecule has 21 heavy (non-hydrogen) atoms. The molecule has 0 aromatic heterocycles. The average Bonchev–Trinajstić information content (AvgIpc) is 2.68. The van der Waals surface area contributed by atoms with E-state index in [-0.39, 0.29) is 0 Å². The lowest BCUT2D eigenvalue weighted by atomic mass is 10.3. The molecule has 0 aliphatic carbocycles. The zero-order chi connectivity index (χ0) is 15.1. The highest BCUT2D eigenvalue weighted by Gasteiger charge is 2.11. The number of thiocarbonyl (C=S) groups is 1. The van der Waals surface area contributed by atoms with E-state index in [4.69, 9.17) is 21.7 Å². The third-order valence-corrected chi connectivity index (χ3v) is 3.39. The van der Waals surface area contributed by atoms with Crippen molar-refractivity contribution in [1.82, 2.24) is 5.32 Å². The molecule has 5 nitrogen and oxygen atoms in total. The molecule has 3 N–H and O–H groups in total. The van der Waals surface area contributed by atoms with Crippen molar-refractivity contribution in [3.63, 3.8) is 0 Å². The Morgan fingerprint density at radius 2 is 2.00 bits per heavy atom. The highest BCUT2D eigenvalue weighted by Crippen LogP contribution is 2.32. The van der Waals surface area contributed by atoms with Crippen molar-refractivity contribution in [2.24, 2.45) is 0 Å². The quantitative estimate of drug-likeness (QED) is 0.551. The van der Waals surface area contributed by atoms with Gasteiger partial charge in [0.1, 0.15) is 0 Å².